The van der Waals surface area contributed by atoms with E-state index < -0.39 is 23.3 Å². The van der Waals surface area contributed by atoms with Crippen LogP contribution in [0.2, 0.25) is 0 Å². The maximum Gasteiger partial charge on any atom is 0.374 e. The summed E-state index contributed by atoms with van der Waals surface area (Å²) in [5.41, 5.74) is 5.50. The summed E-state index contributed by atoms with van der Waals surface area (Å²) in [5.74, 6) is -2.70. The van der Waals surface area contributed by atoms with Crippen molar-refractivity contribution in [2.24, 2.45) is 0 Å². The second kappa shape index (κ2) is 7.87. The smallest absolute Gasteiger partial charge is 0.374 e. The molecule has 0 saturated carbocycles. The second-order valence-electron chi connectivity index (χ2n) is 3.98. The monoisotopic (exact) mass is 310 g/mol. The number of nitrogens with two attached hydrogens (primary N) is 1. The molecule has 0 amide bonds. The second-order valence-corrected chi connectivity index (χ2v) is 3.98. The number of hydrogen-bond acceptors (Lipinski definition) is 8. The average molecular weight is 310 g/mol. The number of aliphatic hydroxyl groups is 1. The van der Waals surface area contributed by atoms with E-state index >= 15 is 0 Å². The lowest BCUT2D eigenvalue weighted by molar-refractivity contribution is -0.142. The summed E-state index contributed by atoms with van der Waals surface area (Å²) in [5, 5.41) is 10.0. The number of hydrogen-bond donors (Lipinski definition) is 2. The lowest BCUT2D eigenvalue weighted by Crippen LogP contribution is -2.17. The van der Waals surface area contributed by atoms with Crippen LogP contribution in [0.4, 0.5) is 5.69 Å². The van der Waals surface area contributed by atoms with Crippen LogP contribution < -0.4 is 10.5 Å². The van der Waals surface area contributed by atoms with Gasteiger partial charge >= 0.3 is 11.9 Å². The van der Waals surface area contributed by atoms with Gasteiger partial charge in [-0.3, -0.25) is 0 Å². The Labute approximate surface area is 127 Å². The fourth-order valence-electron chi connectivity index (χ4n) is 1.61. The Kier molecular flexibility index (Phi) is 6.18. The van der Waals surface area contributed by atoms with E-state index in [0.717, 1.165) is 0 Å². The van der Waals surface area contributed by atoms with E-state index in [2.05, 4.69) is 9.72 Å². The number of rotatable bonds is 6. The van der Waals surface area contributed by atoms with Crippen molar-refractivity contribution in [2.45, 2.75) is 13.8 Å². The minimum absolute atomic E-state index is 0.0359. The van der Waals surface area contributed by atoms with Crippen LogP contribution >= 0.6 is 0 Å². The number of methoxy groups -OCH3 is 1. The minimum Gasteiger partial charge on any atom is -0.501 e. The Morgan fingerprint density at radius 3 is 2.36 bits per heavy atom. The van der Waals surface area contributed by atoms with Gasteiger partial charge in [0, 0.05) is 11.6 Å². The fraction of sp³-hybridized carbons (Fsp3) is 0.357. The summed E-state index contributed by atoms with van der Waals surface area (Å²) in [6.45, 7) is 3.25. The summed E-state index contributed by atoms with van der Waals surface area (Å²) < 4.78 is 14.5. The van der Waals surface area contributed by atoms with Crippen molar-refractivity contribution >= 4 is 23.2 Å². The summed E-state index contributed by atoms with van der Waals surface area (Å²) >= 11 is 0. The molecule has 0 aliphatic rings. The molecule has 0 atom stereocenters. The number of esters is 2. The van der Waals surface area contributed by atoms with E-state index in [1.807, 2.05) is 0 Å². The SMILES string of the molecule is CCOC(=O)/C(O)=C(\C(=O)OCC)c1cc(OC)ncc1N. The number of ether oxygens (including phenoxy) is 3. The Morgan fingerprint density at radius 1 is 1.23 bits per heavy atom. The number of aromatic nitrogens is 1. The lowest BCUT2D eigenvalue weighted by Gasteiger charge is -2.12. The highest BCUT2D eigenvalue weighted by Gasteiger charge is 2.26. The summed E-state index contributed by atoms with van der Waals surface area (Å²) in [6.07, 6.45) is 1.24. The molecule has 22 heavy (non-hydrogen) atoms. The van der Waals surface area contributed by atoms with Gasteiger partial charge in [0.15, 0.2) is 0 Å². The minimum atomic E-state index is -1.05. The molecule has 120 valence electrons. The van der Waals surface area contributed by atoms with E-state index in [1.54, 1.807) is 13.8 Å². The number of carbonyl (C=O) groups excluding carboxylic acids is 2. The van der Waals surface area contributed by atoms with Crippen molar-refractivity contribution in [2.75, 3.05) is 26.1 Å². The standard InChI is InChI=1S/C14H18N2O6/c1-4-21-13(18)11(12(17)14(19)22-5-2)8-6-10(20-3)16-7-9(8)15/h6-7,17H,4-5,15H2,1-3H3/b12-11+. The van der Waals surface area contributed by atoms with Gasteiger partial charge in [0.05, 0.1) is 32.2 Å². The van der Waals surface area contributed by atoms with Gasteiger partial charge in [-0.15, -0.1) is 0 Å². The van der Waals surface area contributed by atoms with Crippen molar-refractivity contribution in [3.05, 3.63) is 23.6 Å². The average Bonchev–Trinajstić information content (AvgIpc) is 2.49. The first-order chi connectivity index (χ1) is 10.5. The molecular weight excluding hydrogens is 292 g/mol. The van der Waals surface area contributed by atoms with Gasteiger partial charge in [-0.2, -0.15) is 0 Å². The molecule has 0 fully saturated rings. The Hall–Kier alpha value is -2.77. The molecule has 0 spiro atoms. The molecule has 1 rings (SSSR count). The van der Waals surface area contributed by atoms with Crippen molar-refractivity contribution in [3.8, 4) is 5.88 Å². The molecule has 0 saturated heterocycles. The van der Waals surface area contributed by atoms with E-state index in [9.17, 15) is 14.7 Å². The van der Waals surface area contributed by atoms with Crippen LogP contribution in [0, 0.1) is 0 Å². The quantitative estimate of drug-likeness (QED) is 0.454. The van der Waals surface area contributed by atoms with Gasteiger partial charge in [-0.1, -0.05) is 0 Å². The molecule has 0 bridgehead atoms. The van der Waals surface area contributed by atoms with Gasteiger partial charge in [-0.25, -0.2) is 14.6 Å². The predicted octanol–water partition coefficient (Wildman–Crippen LogP) is 1.07. The molecule has 0 aromatic carbocycles. The molecule has 0 radical (unpaired) electrons. The number of carbonyl (C=O) groups is 2. The molecule has 3 N–H and O–H groups in total. The topological polar surface area (TPSA) is 121 Å². The highest BCUT2D eigenvalue weighted by atomic mass is 16.5. The molecule has 0 unspecified atom stereocenters. The highest BCUT2D eigenvalue weighted by Crippen LogP contribution is 2.28. The van der Waals surface area contributed by atoms with Crippen molar-refractivity contribution < 1.29 is 28.9 Å². The zero-order chi connectivity index (χ0) is 16.7. The molecule has 1 heterocycles. The molecule has 1 aromatic heterocycles. The largest absolute Gasteiger partial charge is 0.501 e. The Morgan fingerprint density at radius 2 is 1.82 bits per heavy atom. The zero-order valence-corrected chi connectivity index (χ0v) is 12.6. The van der Waals surface area contributed by atoms with Crippen LogP contribution in [0.15, 0.2) is 18.0 Å². The number of nitrogens with zero attached hydrogens (tertiary/aromatic N) is 1. The Bertz CT molecular complexity index is 597. The van der Waals surface area contributed by atoms with Crippen LogP contribution in [-0.4, -0.2) is 42.4 Å². The van der Waals surface area contributed by atoms with Crippen LogP contribution in [0.3, 0.4) is 0 Å². The van der Waals surface area contributed by atoms with Crippen LogP contribution in [0.1, 0.15) is 19.4 Å². The maximum atomic E-state index is 12.1. The van der Waals surface area contributed by atoms with E-state index in [0.29, 0.717) is 0 Å². The number of nitrogen functional groups attached to an aromatic ring is 1. The van der Waals surface area contributed by atoms with Gasteiger partial charge in [-0.05, 0) is 13.8 Å². The highest BCUT2D eigenvalue weighted by molar-refractivity contribution is 6.23. The molecule has 8 heteroatoms. The van der Waals surface area contributed by atoms with E-state index in [1.165, 1.54) is 19.4 Å². The first kappa shape index (κ1) is 17.3. The third-order valence-electron chi connectivity index (χ3n) is 2.57. The molecule has 0 aliphatic carbocycles. The first-order valence-corrected chi connectivity index (χ1v) is 6.53. The first-order valence-electron chi connectivity index (χ1n) is 6.53. The van der Waals surface area contributed by atoms with Crippen LogP contribution in [0.25, 0.3) is 5.57 Å². The van der Waals surface area contributed by atoms with E-state index in [-0.39, 0.29) is 30.3 Å². The van der Waals surface area contributed by atoms with Gasteiger partial charge in [0.25, 0.3) is 0 Å². The summed E-state index contributed by atoms with van der Waals surface area (Å²) in [4.78, 5) is 27.7. The van der Waals surface area contributed by atoms with Crippen molar-refractivity contribution in [3.63, 3.8) is 0 Å². The number of pyridine rings is 1. The van der Waals surface area contributed by atoms with Gasteiger partial charge in [0.2, 0.25) is 11.6 Å². The molecule has 1 aromatic rings. The number of aliphatic hydroxyl groups excluding tert-OH is 1. The fourth-order valence-corrected chi connectivity index (χ4v) is 1.61. The van der Waals surface area contributed by atoms with E-state index in [4.69, 9.17) is 15.2 Å². The molecule has 8 nitrogen and oxygen atoms in total. The third kappa shape index (κ3) is 3.87. The predicted molar refractivity (Wildman–Crippen MR) is 78.0 cm³/mol. The zero-order valence-electron chi connectivity index (χ0n) is 12.6. The third-order valence-corrected chi connectivity index (χ3v) is 2.57. The Balaban J connectivity index is 3.48. The summed E-state index contributed by atoms with van der Waals surface area (Å²) in [7, 11) is 1.38. The van der Waals surface area contributed by atoms with Crippen molar-refractivity contribution in [1.82, 2.24) is 4.98 Å². The molecular formula is C14H18N2O6. The van der Waals surface area contributed by atoms with Gasteiger partial charge in [0.1, 0.15) is 5.57 Å². The van der Waals surface area contributed by atoms with Gasteiger partial charge < -0.3 is 25.1 Å². The number of anilines is 1. The lowest BCUT2D eigenvalue weighted by atomic mass is 10.0. The normalized spacial score (nSPS) is 11.4. The maximum absolute atomic E-state index is 12.1. The van der Waals surface area contributed by atoms with Crippen molar-refractivity contribution in [1.29, 1.82) is 0 Å². The van der Waals surface area contributed by atoms with Crippen LogP contribution in [-0.2, 0) is 19.1 Å². The van der Waals surface area contributed by atoms with Crippen LogP contribution in [0.5, 0.6) is 5.88 Å². The summed E-state index contributed by atoms with van der Waals surface area (Å²) in [6, 6.07) is 1.32. The molecule has 0 aliphatic heterocycles.